The summed E-state index contributed by atoms with van der Waals surface area (Å²) in [5, 5.41) is 0. The van der Waals surface area contributed by atoms with Gasteiger partial charge in [-0.05, 0) is 36.0 Å². The van der Waals surface area contributed by atoms with Crippen LogP contribution in [0.2, 0.25) is 0 Å². The van der Waals surface area contributed by atoms with Gasteiger partial charge in [0.1, 0.15) is 0 Å². The van der Waals surface area contributed by atoms with Gasteiger partial charge in [0.05, 0.1) is 4.87 Å². The summed E-state index contributed by atoms with van der Waals surface area (Å²) < 4.78 is 0. The fourth-order valence-electron chi connectivity index (χ4n) is 2.10. The summed E-state index contributed by atoms with van der Waals surface area (Å²) in [7, 11) is 0. The van der Waals surface area contributed by atoms with Crippen LogP contribution in [-0.2, 0) is 11.3 Å². The number of rotatable bonds is 5. The third kappa shape index (κ3) is 2.49. The second-order valence-electron chi connectivity index (χ2n) is 4.15. The average Bonchev–Trinajstić information content (AvgIpc) is 2.37. The molecule has 0 fully saturated rings. The van der Waals surface area contributed by atoms with Gasteiger partial charge >= 0.3 is 0 Å². The van der Waals surface area contributed by atoms with Crippen molar-refractivity contribution >= 4 is 17.7 Å². The number of alkyl halides is 1. The van der Waals surface area contributed by atoms with Crippen molar-refractivity contribution < 1.29 is 0 Å². The van der Waals surface area contributed by atoms with E-state index in [9.17, 15) is 0 Å². The molecule has 0 amide bonds. The van der Waals surface area contributed by atoms with Crippen LogP contribution in [0.1, 0.15) is 50.3 Å². The molecule has 0 aliphatic carbocycles. The minimum absolute atomic E-state index is 0.203. The normalized spacial score (nSPS) is 11.5. The Morgan fingerprint density at radius 2 is 1.88 bits per heavy atom. The smallest absolute Gasteiger partial charge is 0.0692 e. The summed E-state index contributed by atoms with van der Waals surface area (Å²) in [4.78, 5) is -0.203. The van der Waals surface area contributed by atoms with Crippen LogP contribution in [0, 0.1) is 0 Å². The van der Waals surface area contributed by atoms with Crippen molar-refractivity contribution in [2.24, 2.45) is 0 Å². The molecule has 0 saturated carbocycles. The average molecular weight is 237 g/mol. The SMILES string of the molecule is C=Cc1ccc(C(Cl)(CC)CC)c(CC)c1. The highest BCUT2D eigenvalue weighted by molar-refractivity contribution is 6.24. The molecule has 1 heteroatoms. The number of benzene rings is 1. The molecule has 0 saturated heterocycles. The molecule has 0 aliphatic rings. The van der Waals surface area contributed by atoms with E-state index < -0.39 is 0 Å². The quantitative estimate of drug-likeness (QED) is 0.621. The molecule has 0 nitrogen and oxygen atoms in total. The summed E-state index contributed by atoms with van der Waals surface area (Å²) in [5.41, 5.74) is 3.80. The molecule has 16 heavy (non-hydrogen) atoms. The van der Waals surface area contributed by atoms with Gasteiger partial charge in [0, 0.05) is 0 Å². The first kappa shape index (κ1) is 13.3. The van der Waals surface area contributed by atoms with Crippen molar-refractivity contribution in [2.45, 2.75) is 44.9 Å². The minimum Gasteiger partial charge on any atom is -0.114 e. The van der Waals surface area contributed by atoms with Crippen molar-refractivity contribution in [3.8, 4) is 0 Å². The third-order valence-electron chi connectivity index (χ3n) is 3.35. The maximum atomic E-state index is 6.69. The molecular formula is C15H21Cl. The lowest BCUT2D eigenvalue weighted by Crippen LogP contribution is -2.18. The Morgan fingerprint density at radius 1 is 1.25 bits per heavy atom. The van der Waals surface area contributed by atoms with E-state index >= 15 is 0 Å². The summed E-state index contributed by atoms with van der Waals surface area (Å²) in [6.07, 6.45) is 4.83. The molecule has 1 aromatic rings. The Bertz CT molecular complexity index is 362. The highest BCUT2D eigenvalue weighted by Crippen LogP contribution is 2.38. The van der Waals surface area contributed by atoms with Crippen LogP contribution in [0.15, 0.2) is 24.8 Å². The van der Waals surface area contributed by atoms with Crippen LogP contribution in [0.5, 0.6) is 0 Å². The van der Waals surface area contributed by atoms with E-state index in [-0.39, 0.29) is 4.87 Å². The first-order valence-electron chi connectivity index (χ1n) is 6.06. The van der Waals surface area contributed by atoms with E-state index in [0.29, 0.717) is 0 Å². The van der Waals surface area contributed by atoms with Crippen LogP contribution in [0.25, 0.3) is 6.08 Å². The van der Waals surface area contributed by atoms with Gasteiger partial charge in [0.25, 0.3) is 0 Å². The van der Waals surface area contributed by atoms with Gasteiger partial charge in [0.2, 0.25) is 0 Å². The van der Waals surface area contributed by atoms with Gasteiger partial charge in [-0.2, -0.15) is 0 Å². The fourth-order valence-corrected chi connectivity index (χ4v) is 2.29. The zero-order chi connectivity index (χ0) is 12.2. The topological polar surface area (TPSA) is 0 Å². The molecule has 88 valence electrons. The van der Waals surface area contributed by atoms with E-state index in [1.54, 1.807) is 0 Å². The number of hydrogen-bond donors (Lipinski definition) is 0. The van der Waals surface area contributed by atoms with Crippen molar-refractivity contribution in [3.05, 3.63) is 41.5 Å². The molecule has 0 spiro atoms. The predicted molar refractivity (Wildman–Crippen MR) is 74.0 cm³/mol. The lowest BCUT2D eigenvalue weighted by atomic mass is 9.87. The van der Waals surface area contributed by atoms with Gasteiger partial charge in [-0.25, -0.2) is 0 Å². The Hall–Kier alpha value is -0.750. The summed E-state index contributed by atoms with van der Waals surface area (Å²) in [6, 6.07) is 6.46. The van der Waals surface area contributed by atoms with Crippen molar-refractivity contribution in [2.75, 3.05) is 0 Å². The summed E-state index contributed by atoms with van der Waals surface area (Å²) in [6.45, 7) is 10.3. The van der Waals surface area contributed by atoms with Gasteiger partial charge in [-0.3, -0.25) is 0 Å². The van der Waals surface area contributed by atoms with Crippen molar-refractivity contribution in [1.82, 2.24) is 0 Å². The van der Waals surface area contributed by atoms with Crippen LogP contribution in [0.3, 0.4) is 0 Å². The van der Waals surface area contributed by atoms with Crippen LogP contribution < -0.4 is 0 Å². The monoisotopic (exact) mass is 236 g/mol. The molecule has 0 bridgehead atoms. The predicted octanol–water partition coefficient (Wildman–Crippen LogP) is 5.15. The van der Waals surface area contributed by atoms with Gasteiger partial charge in [-0.15, -0.1) is 11.6 Å². The van der Waals surface area contributed by atoms with Crippen LogP contribution in [-0.4, -0.2) is 0 Å². The number of halogens is 1. The standard InChI is InChI=1S/C15H21Cl/c1-5-12-9-10-14(13(6-2)11-12)15(16,7-3)8-4/h5,9-11H,1,6-8H2,2-4H3. The molecule has 0 radical (unpaired) electrons. The largest absolute Gasteiger partial charge is 0.114 e. The molecular weight excluding hydrogens is 216 g/mol. The molecule has 0 unspecified atom stereocenters. The van der Waals surface area contributed by atoms with Crippen LogP contribution in [0.4, 0.5) is 0 Å². The third-order valence-corrected chi connectivity index (χ3v) is 4.09. The Kier molecular flexibility index (Phi) is 4.61. The van der Waals surface area contributed by atoms with E-state index in [2.05, 4.69) is 45.5 Å². The van der Waals surface area contributed by atoms with Crippen molar-refractivity contribution in [1.29, 1.82) is 0 Å². The second kappa shape index (κ2) is 5.54. The fraction of sp³-hybridized carbons (Fsp3) is 0.467. The zero-order valence-corrected chi connectivity index (χ0v) is 11.3. The van der Waals surface area contributed by atoms with E-state index in [4.69, 9.17) is 11.6 Å². The molecule has 0 aromatic heterocycles. The molecule has 0 N–H and O–H groups in total. The highest BCUT2D eigenvalue weighted by atomic mass is 35.5. The van der Waals surface area contributed by atoms with E-state index in [1.807, 2.05) is 6.08 Å². The number of aryl methyl sites for hydroxylation is 1. The number of hydrogen-bond acceptors (Lipinski definition) is 0. The molecule has 0 heterocycles. The summed E-state index contributed by atoms with van der Waals surface area (Å²) >= 11 is 6.69. The lowest BCUT2D eigenvalue weighted by Gasteiger charge is -2.27. The van der Waals surface area contributed by atoms with Gasteiger partial charge in [0.15, 0.2) is 0 Å². The maximum Gasteiger partial charge on any atom is 0.0692 e. The Labute approximate surface area is 104 Å². The Balaban J connectivity index is 3.27. The van der Waals surface area contributed by atoms with E-state index in [1.165, 1.54) is 16.7 Å². The Morgan fingerprint density at radius 3 is 2.31 bits per heavy atom. The molecule has 0 atom stereocenters. The first-order valence-corrected chi connectivity index (χ1v) is 6.43. The lowest BCUT2D eigenvalue weighted by molar-refractivity contribution is 0.561. The van der Waals surface area contributed by atoms with Crippen molar-refractivity contribution in [3.63, 3.8) is 0 Å². The zero-order valence-electron chi connectivity index (χ0n) is 10.5. The first-order chi connectivity index (χ1) is 7.61. The van der Waals surface area contributed by atoms with Crippen LogP contribution >= 0.6 is 11.6 Å². The highest BCUT2D eigenvalue weighted by Gasteiger charge is 2.27. The molecule has 1 rings (SSSR count). The molecule has 1 aromatic carbocycles. The maximum absolute atomic E-state index is 6.69. The minimum atomic E-state index is -0.203. The van der Waals surface area contributed by atoms with Gasteiger partial charge < -0.3 is 0 Å². The van der Waals surface area contributed by atoms with Gasteiger partial charge in [-0.1, -0.05) is 51.6 Å². The second-order valence-corrected chi connectivity index (χ2v) is 4.87. The molecule has 0 aliphatic heterocycles. The summed E-state index contributed by atoms with van der Waals surface area (Å²) in [5.74, 6) is 0. The van der Waals surface area contributed by atoms with E-state index in [0.717, 1.165) is 19.3 Å².